The van der Waals surface area contributed by atoms with Gasteiger partial charge in [0, 0.05) is 18.5 Å². The first-order chi connectivity index (χ1) is 12.3. The summed E-state index contributed by atoms with van der Waals surface area (Å²) >= 11 is 13.4. The van der Waals surface area contributed by atoms with Crippen LogP contribution in [0, 0.1) is 0 Å². The Morgan fingerprint density at radius 2 is 2.08 bits per heavy atom. The second-order valence-corrected chi connectivity index (χ2v) is 7.45. The molecule has 2 N–H and O–H groups in total. The summed E-state index contributed by atoms with van der Waals surface area (Å²) in [5.74, 6) is -0.528. The van der Waals surface area contributed by atoms with Gasteiger partial charge < -0.3 is 15.5 Å². The van der Waals surface area contributed by atoms with E-state index < -0.39 is 0 Å². The number of anilines is 2. The first kappa shape index (κ1) is 20.5. The van der Waals surface area contributed by atoms with Gasteiger partial charge in [-0.3, -0.25) is 9.59 Å². The van der Waals surface area contributed by atoms with Crippen LogP contribution in [0.5, 0.6) is 0 Å². The number of halogens is 2. The highest BCUT2D eigenvalue weighted by molar-refractivity contribution is 7.14. The van der Waals surface area contributed by atoms with E-state index in [2.05, 4.69) is 15.6 Å². The van der Waals surface area contributed by atoms with Gasteiger partial charge in [0.1, 0.15) is 5.69 Å². The molecule has 0 saturated carbocycles. The van der Waals surface area contributed by atoms with Crippen LogP contribution in [0.3, 0.4) is 0 Å². The molecular weight excluding hydrogens is 395 g/mol. The minimum absolute atomic E-state index is 0.0242. The maximum Gasteiger partial charge on any atom is 0.273 e. The monoisotopic (exact) mass is 414 g/mol. The molecule has 140 valence electrons. The summed E-state index contributed by atoms with van der Waals surface area (Å²) in [6, 6.07) is 5.29. The van der Waals surface area contributed by atoms with Crippen molar-refractivity contribution in [3.63, 3.8) is 0 Å². The van der Waals surface area contributed by atoms with Gasteiger partial charge in [-0.2, -0.15) is 0 Å². The minimum atomic E-state index is -0.328. The molecule has 2 amide bonds. The van der Waals surface area contributed by atoms with E-state index in [1.54, 1.807) is 30.6 Å². The fraction of sp³-hybridized carbons (Fsp3) is 0.353. The Bertz CT molecular complexity index is 797. The van der Waals surface area contributed by atoms with Gasteiger partial charge in [-0.15, -0.1) is 11.3 Å². The van der Waals surface area contributed by atoms with Crippen LogP contribution in [0.1, 0.15) is 30.8 Å². The van der Waals surface area contributed by atoms with E-state index in [-0.39, 0.29) is 30.1 Å². The summed E-state index contributed by atoms with van der Waals surface area (Å²) in [5, 5.41) is 8.82. The number of likely N-dealkylation sites (N-methyl/N-ethyl adjacent to an activating group) is 1. The lowest BCUT2D eigenvalue weighted by Crippen LogP contribution is -2.41. The number of thiazole rings is 1. The molecule has 0 aliphatic carbocycles. The van der Waals surface area contributed by atoms with Crippen molar-refractivity contribution in [2.75, 3.05) is 18.9 Å². The van der Waals surface area contributed by atoms with E-state index >= 15 is 0 Å². The normalized spacial score (nSPS) is 11.7. The van der Waals surface area contributed by atoms with Crippen molar-refractivity contribution in [2.45, 2.75) is 26.3 Å². The molecule has 0 saturated heterocycles. The molecular formula is C17H20Cl2N4O2S. The predicted molar refractivity (Wildman–Crippen MR) is 107 cm³/mol. The van der Waals surface area contributed by atoms with E-state index in [4.69, 9.17) is 23.2 Å². The molecule has 0 aliphatic heterocycles. The van der Waals surface area contributed by atoms with Crippen molar-refractivity contribution < 1.29 is 9.59 Å². The van der Waals surface area contributed by atoms with Crippen LogP contribution < -0.4 is 10.6 Å². The molecule has 0 bridgehead atoms. The molecule has 0 radical (unpaired) electrons. The van der Waals surface area contributed by atoms with Gasteiger partial charge in [-0.25, -0.2) is 4.98 Å². The van der Waals surface area contributed by atoms with E-state index in [9.17, 15) is 9.59 Å². The quantitative estimate of drug-likeness (QED) is 0.712. The Balaban J connectivity index is 2.00. The summed E-state index contributed by atoms with van der Waals surface area (Å²) in [5.41, 5.74) is 0.864. The molecule has 1 aromatic heterocycles. The average molecular weight is 415 g/mol. The van der Waals surface area contributed by atoms with Crippen LogP contribution in [0.4, 0.5) is 10.8 Å². The molecule has 9 heteroatoms. The molecule has 1 heterocycles. The van der Waals surface area contributed by atoms with Crippen LogP contribution in [0.2, 0.25) is 10.0 Å². The smallest absolute Gasteiger partial charge is 0.273 e. The van der Waals surface area contributed by atoms with Crippen LogP contribution in [-0.4, -0.2) is 41.3 Å². The van der Waals surface area contributed by atoms with E-state index in [0.717, 1.165) is 6.42 Å². The number of rotatable bonds is 7. The second-order valence-electron chi connectivity index (χ2n) is 5.80. The standard InChI is InChI=1S/C17H20Cl2N4O2S/c1-4-10(2)20-14(24)8-23(3)16(25)13-9-26-17(22-13)21-12-7-5-6-11(18)15(12)19/h5-7,9-10H,4,8H2,1-3H3,(H,20,24)(H,21,22)/t10-/m0/s1. The molecule has 0 unspecified atom stereocenters. The maximum absolute atomic E-state index is 12.4. The predicted octanol–water partition coefficient (Wildman–Crippen LogP) is 4.18. The largest absolute Gasteiger partial charge is 0.352 e. The zero-order valence-corrected chi connectivity index (χ0v) is 17.0. The molecule has 0 aliphatic rings. The molecule has 1 aromatic carbocycles. The van der Waals surface area contributed by atoms with Crippen molar-refractivity contribution in [1.82, 2.24) is 15.2 Å². The topological polar surface area (TPSA) is 74.3 Å². The lowest BCUT2D eigenvalue weighted by atomic mass is 10.2. The molecule has 2 rings (SSSR count). The number of benzene rings is 1. The van der Waals surface area contributed by atoms with Crippen molar-refractivity contribution in [3.05, 3.63) is 39.3 Å². The van der Waals surface area contributed by atoms with Crippen LogP contribution in [-0.2, 0) is 4.79 Å². The average Bonchev–Trinajstić information content (AvgIpc) is 3.06. The minimum Gasteiger partial charge on any atom is -0.352 e. The zero-order valence-electron chi connectivity index (χ0n) is 14.7. The second kappa shape index (κ2) is 9.21. The van der Waals surface area contributed by atoms with Crippen LogP contribution >= 0.6 is 34.5 Å². The highest BCUT2D eigenvalue weighted by Gasteiger charge is 2.19. The Labute approximate surface area is 166 Å². The summed E-state index contributed by atoms with van der Waals surface area (Å²) in [7, 11) is 1.57. The zero-order chi connectivity index (χ0) is 19.3. The number of aromatic nitrogens is 1. The number of carbonyl (C=O) groups excluding carboxylic acids is 2. The molecule has 6 nitrogen and oxygen atoms in total. The summed E-state index contributed by atoms with van der Waals surface area (Å²) < 4.78 is 0. The van der Waals surface area contributed by atoms with Gasteiger partial charge in [-0.05, 0) is 25.5 Å². The first-order valence-corrected chi connectivity index (χ1v) is 9.66. The Morgan fingerprint density at radius 1 is 1.35 bits per heavy atom. The summed E-state index contributed by atoms with van der Waals surface area (Å²) in [6.45, 7) is 3.87. The summed E-state index contributed by atoms with van der Waals surface area (Å²) in [6.07, 6.45) is 0.830. The SMILES string of the molecule is CC[C@H](C)NC(=O)CN(C)C(=O)c1csc(Nc2cccc(Cl)c2Cl)n1. The van der Waals surface area contributed by atoms with Gasteiger partial charge >= 0.3 is 0 Å². The van der Waals surface area contributed by atoms with Gasteiger partial charge in [0.15, 0.2) is 5.13 Å². The molecule has 0 spiro atoms. The number of nitrogens with zero attached hydrogens (tertiary/aromatic N) is 2. The van der Waals surface area contributed by atoms with Crippen LogP contribution in [0.25, 0.3) is 0 Å². The van der Waals surface area contributed by atoms with Gasteiger partial charge in [0.05, 0.1) is 22.3 Å². The van der Waals surface area contributed by atoms with Crippen molar-refractivity contribution in [1.29, 1.82) is 0 Å². The fourth-order valence-electron chi connectivity index (χ4n) is 2.05. The first-order valence-electron chi connectivity index (χ1n) is 8.03. The lowest BCUT2D eigenvalue weighted by molar-refractivity contribution is -0.122. The van der Waals surface area contributed by atoms with E-state index in [1.165, 1.54) is 16.2 Å². The highest BCUT2D eigenvalue weighted by atomic mass is 35.5. The number of hydrogen-bond acceptors (Lipinski definition) is 5. The third-order valence-corrected chi connectivity index (χ3v) is 5.24. The Kier molecular flexibility index (Phi) is 7.25. The van der Waals surface area contributed by atoms with E-state index in [0.29, 0.717) is 20.9 Å². The molecule has 0 fully saturated rings. The van der Waals surface area contributed by atoms with Crippen molar-refractivity contribution >= 4 is 57.2 Å². The number of carbonyl (C=O) groups is 2. The molecule has 26 heavy (non-hydrogen) atoms. The van der Waals surface area contributed by atoms with Gasteiger partial charge in [0.2, 0.25) is 5.91 Å². The third kappa shape index (κ3) is 5.33. The van der Waals surface area contributed by atoms with Crippen LogP contribution in [0.15, 0.2) is 23.6 Å². The Morgan fingerprint density at radius 3 is 2.77 bits per heavy atom. The number of amides is 2. The summed E-state index contributed by atoms with van der Waals surface area (Å²) in [4.78, 5) is 30.0. The molecule has 1 atom stereocenters. The number of nitrogens with one attached hydrogen (secondary N) is 2. The van der Waals surface area contributed by atoms with Crippen molar-refractivity contribution in [2.24, 2.45) is 0 Å². The third-order valence-electron chi connectivity index (χ3n) is 3.66. The lowest BCUT2D eigenvalue weighted by Gasteiger charge is -2.17. The van der Waals surface area contributed by atoms with Crippen molar-refractivity contribution in [3.8, 4) is 0 Å². The highest BCUT2D eigenvalue weighted by Crippen LogP contribution is 2.32. The maximum atomic E-state index is 12.4. The Hall–Kier alpha value is -1.83. The fourth-order valence-corrected chi connectivity index (χ4v) is 3.09. The van der Waals surface area contributed by atoms with Gasteiger partial charge in [0.25, 0.3) is 5.91 Å². The number of hydrogen-bond donors (Lipinski definition) is 2. The van der Waals surface area contributed by atoms with E-state index in [1.807, 2.05) is 13.8 Å². The van der Waals surface area contributed by atoms with Gasteiger partial charge in [-0.1, -0.05) is 36.2 Å². The molecule has 2 aromatic rings.